The fourth-order valence-corrected chi connectivity index (χ4v) is 7.27. The summed E-state index contributed by atoms with van der Waals surface area (Å²) >= 11 is 1.19. The van der Waals surface area contributed by atoms with Crippen LogP contribution in [0.4, 0.5) is 24.5 Å². The van der Waals surface area contributed by atoms with Gasteiger partial charge in [0.25, 0.3) is 5.91 Å². The molecule has 4 aromatic rings. The minimum atomic E-state index is -4.52. The number of thiophene rings is 1. The van der Waals surface area contributed by atoms with Crippen molar-refractivity contribution < 1.29 is 18.0 Å². The maximum absolute atomic E-state index is 13.7. The highest BCUT2D eigenvalue weighted by atomic mass is 32.1. The Hall–Kier alpha value is -3.44. The molecule has 39 heavy (non-hydrogen) atoms. The van der Waals surface area contributed by atoms with Gasteiger partial charge in [0.1, 0.15) is 0 Å². The van der Waals surface area contributed by atoms with E-state index >= 15 is 0 Å². The molecule has 7 rings (SSSR count). The fraction of sp³-hybridized carbons (Fsp3) is 0.393. The van der Waals surface area contributed by atoms with E-state index in [0.717, 1.165) is 60.0 Å². The summed E-state index contributed by atoms with van der Waals surface area (Å²) in [6, 6.07) is 11.3. The lowest BCUT2D eigenvalue weighted by atomic mass is 10.1. The molecule has 2 fully saturated rings. The predicted octanol–water partition coefficient (Wildman–Crippen LogP) is 5.20. The Kier molecular flexibility index (Phi) is 5.71. The number of aromatic nitrogens is 3. The summed E-state index contributed by atoms with van der Waals surface area (Å²) in [5.74, 6) is -0.146. The number of amides is 1. The molecule has 3 aliphatic rings. The van der Waals surface area contributed by atoms with E-state index in [1.165, 1.54) is 42.5 Å². The van der Waals surface area contributed by atoms with Crippen LogP contribution in [0.2, 0.25) is 0 Å². The molecule has 1 amide bonds. The Morgan fingerprint density at radius 3 is 2.74 bits per heavy atom. The topological polar surface area (TPSA) is 57.5 Å². The van der Waals surface area contributed by atoms with Crippen molar-refractivity contribution in [1.29, 1.82) is 0 Å². The first kappa shape index (κ1) is 24.6. The van der Waals surface area contributed by atoms with Gasteiger partial charge in [-0.05, 0) is 67.8 Å². The number of carbonyl (C=O) groups is 1. The average Bonchev–Trinajstić information content (AvgIpc) is 3.71. The van der Waals surface area contributed by atoms with Crippen LogP contribution in [0, 0.1) is 0 Å². The summed E-state index contributed by atoms with van der Waals surface area (Å²) in [6.45, 7) is 4.77. The summed E-state index contributed by atoms with van der Waals surface area (Å²) in [6.07, 6.45) is 0.578. The Morgan fingerprint density at radius 2 is 1.92 bits per heavy atom. The van der Waals surface area contributed by atoms with E-state index in [0.29, 0.717) is 28.0 Å². The molecule has 2 saturated heterocycles. The SMILES string of the molecule is Cn1nc(C(F)(F)F)cc1-c1ccc(C(=O)N2CCc3cc4nccc(N5CCN6CCC[C@H]6C5)c4cc32)s1. The van der Waals surface area contributed by atoms with Crippen molar-refractivity contribution in [2.75, 3.05) is 42.5 Å². The van der Waals surface area contributed by atoms with Crippen LogP contribution in [0.5, 0.6) is 0 Å². The van der Waals surface area contributed by atoms with Gasteiger partial charge in [-0.3, -0.25) is 19.4 Å². The third kappa shape index (κ3) is 4.19. The van der Waals surface area contributed by atoms with Gasteiger partial charge in [0.05, 0.1) is 21.0 Å². The minimum Gasteiger partial charge on any atom is -0.368 e. The molecule has 202 valence electrons. The van der Waals surface area contributed by atoms with Crippen LogP contribution in [0.25, 0.3) is 21.5 Å². The highest BCUT2D eigenvalue weighted by Gasteiger charge is 2.35. The fourth-order valence-electron chi connectivity index (χ4n) is 6.27. The summed E-state index contributed by atoms with van der Waals surface area (Å²) in [4.78, 5) is 26.2. The monoisotopic (exact) mass is 552 g/mol. The van der Waals surface area contributed by atoms with E-state index in [4.69, 9.17) is 0 Å². The highest BCUT2D eigenvalue weighted by Crippen LogP contribution is 2.39. The molecule has 11 heteroatoms. The van der Waals surface area contributed by atoms with Gasteiger partial charge >= 0.3 is 6.18 Å². The quantitative estimate of drug-likeness (QED) is 0.350. The van der Waals surface area contributed by atoms with E-state index in [1.807, 2.05) is 6.20 Å². The van der Waals surface area contributed by atoms with Crippen LogP contribution in [0.1, 0.15) is 33.8 Å². The lowest BCUT2D eigenvalue weighted by Gasteiger charge is -2.39. The zero-order valence-corrected chi connectivity index (χ0v) is 22.2. The molecule has 0 bridgehead atoms. The van der Waals surface area contributed by atoms with E-state index in [1.54, 1.807) is 17.0 Å². The summed E-state index contributed by atoms with van der Waals surface area (Å²) in [5.41, 5.74) is 3.45. The molecule has 0 spiro atoms. The molecular weight excluding hydrogens is 525 g/mol. The summed E-state index contributed by atoms with van der Waals surface area (Å²) < 4.78 is 40.7. The van der Waals surface area contributed by atoms with Gasteiger partial charge in [-0.1, -0.05) is 0 Å². The van der Waals surface area contributed by atoms with Crippen molar-refractivity contribution >= 4 is 39.5 Å². The van der Waals surface area contributed by atoms with E-state index in [-0.39, 0.29) is 5.91 Å². The highest BCUT2D eigenvalue weighted by molar-refractivity contribution is 7.17. The smallest absolute Gasteiger partial charge is 0.368 e. The number of aryl methyl sites for hydroxylation is 1. The first-order valence-corrected chi connectivity index (χ1v) is 14.0. The number of carbonyl (C=O) groups excluding carboxylic acids is 1. The average molecular weight is 553 g/mol. The van der Waals surface area contributed by atoms with Gasteiger partial charge in [0.2, 0.25) is 0 Å². The van der Waals surface area contributed by atoms with Crippen molar-refractivity contribution in [3.8, 4) is 10.6 Å². The number of anilines is 2. The van der Waals surface area contributed by atoms with E-state index in [2.05, 4.69) is 38.1 Å². The second-order valence-electron chi connectivity index (χ2n) is 10.5. The van der Waals surface area contributed by atoms with Crippen molar-refractivity contribution in [2.24, 2.45) is 7.05 Å². The van der Waals surface area contributed by atoms with E-state index in [9.17, 15) is 18.0 Å². The number of alkyl halides is 3. The Balaban J connectivity index is 1.19. The van der Waals surface area contributed by atoms with Crippen LogP contribution in [-0.4, -0.2) is 64.3 Å². The maximum Gasteiger partial charge on any atom is 0.435 e. The molecular formula is C28H27F3N6OS. The standard InChI is InChI=1S/C28H27F3N6OS/c1-34-23(15-26(33-34)28(29,30)31)24-4-5-25(39-24)27(38)37-10-7-17-13-20-19(14-22(17)37)21(6-8-32-20)36-12-11-35-9-2-3-18(35)16-36/h4-6,8,13-15,18H,2-3,7,9-12,16H2,1H3/t18-/m0/s1. The second kappa shape index (κ2) is 9.06. The van der Waals surface area contributed by atoms with Crippen molar-refractivity contribution in [2.45, 2.75) is 31.5 Å². The first-order chi connectivity index (χ1) is 18.8. The van der Waals surface area contributed by atoms with Gasteiger partial charge in [-0.15, -0.1) is 11.3 Å². The largest absolute Gasteiger partial charge is 0.435 e. The third-order valence-corrected chi connectivity index (χ3v) is 9.32. The Bertz CT molecular complexity index is 1590. The number of hydrogen-bond acceptors (Lipinski definition) is 6. The van der Waals surface area contributed by atoms with Gasteiger partial charge in [-0.2, -0.15) is 18.3 Å². The number of pyridine rings is 1. The molecule has 7 nitrogen and oxygen atoms in total. The van der Waals surface area contributed by atoms with Gasteiger partial charge in [-0.25, -0.2) is 0 Å². The zero-order chi connectivity index (χ0) is 26.9. The first-order valence-electron chi connectivity index (χ1n) is 13.2. The Morgan fingerprint density at radius 1 is 1.05 bits per heavy atom. The number of rotatable bonds is 3. The number of nitrogens with zero attached hydrogens (tertiary/aromatic N) is 6. The maximum atomic E-state index is 13.7. The molecule has 1 atom stereocenters. The molecule has 0 aliphatic carbocycles. The molecule has 0 radical (unpaired) electrons. The third-order valence-electron chi connectivity index (χ3n) is 8.23. The normalized spacial score (nSPS) is 19.6. The predicted molar refractivity (Wildman–Crippen MR) is 145 cm³/mol. The minimum absolute atomic E-state index is 0.146. The Labute approximate surface area is 227 Å². The number of fused-ring (bicyclic) bond motifs is 3. The molecule has 0 unspecified atom stereocenters. The number of piperazine rings is 1. The van der Waals surface area contributed by atoms with Crippen molar-refractivity contribution in [3.05, 3.63) is 58.7 Å². The lowest BCUT2D eigenvalue weighted by Crippen LogP contribution is -2.50. The molecule has 6 heterocycles. The van der Waals surface area contributed by atoms with Crippen LogP contribution in [0.3, 0.4) is 0 Å². The zero-order valence-electron chi connectivity index (χ0n) is 21.4. The lowest BCUT2D eigenvalue weighted by molar-refractivity contribution is -0.141. The summed E-state index contributed by atoms with van der Waals surface area (Å²) in [5, 5.41) is 4.65. The van der Waals surface area contributed by atoms with Crippen molar-refractivity contribution in [1.82, 2.24) is 19.7 Å². The van der Waals surface area contributed by atoms with Gasteiger partial charge in [0.15, 0.2) is 5.69 Å². The molecule has 3 aliphatic heterocycles. The molecule has 0 N–H and O–H groups in total. The van der Waals surface area contributed by atoms with E-state index < -0.39 is 11.9 Å². The number of benzene rings is 1. The van der Waals surface area contributed by atoms with Crippen LogP contribution < -0.4 is 9.80 Å². The van der Waals surface area contributed by atoms with Crippen molar-refractivity contribution in [3.63, 3.8) is 0 Å². The van der Waals surface area contributed by atoms with Crippen LogP contribution in [0.15, 0.2) is 42.6 Å². The van der Waals surface area contributed by atoms with Crippen LogP contribution in [-0.2, 0) is 19.6 Å². The number of hydrogen-bond donors (Lipinski definition) is 0. The molecule has 3 aromatic heterocycles. The number of halogens is 3. The van der Waals surface area contributed by atoms with Gasteiger partial charge < -0.3 is 9.80 Å². The molecule has 0 saturated carbocycles. The van der Waals surface area contributed by atoms with Crippen LogP contribution >= 0.6 is 11.3 Å². The second-order valence-corrected chi connectivity index (χ2v) is 11.6. The molecule has 1 aromatic carbocycles. The van der Waals surface area contributed by atoms with Gasteiger partial charge in [0, 0.05) is 62.2 Å². The summed E-state index contributed by atoms with van der Waals surface area (Å²) in [7, 11) is 1.48.